The highest BCUT2D eigenvalue weighted by atomic mass is 35.5. The van der Waals surface area contributed by atoms with Crippen molar-refractivity contribution in [1.82, 2.24) is 4.84 Å². The second-order valence-electron chi connectivity index (χ2n) is 2.76. The molecule has 13 heavy (non-hydrogen) atoms. The molecule has 0 aromatic heterocycles. The van der Waals surface area contributed by atoms with E-state index in [1.165, 1.54) is 19.2 Å². The molecule has 0 aliphatic heterocycles. The van der Waals surface area contributed by atoms with E-state index in [0.717, 1.165) is 5.56 Å². The van der Waals surface area contributed by atoms with Crippen LogP contribution in [0.1, 0.15) is 18.5 Å². The van der Waals surface area contributed by atoms with Gasteiger partial charge in [-0.25, -0.2) is 9.23 Å². The van der Waals surface area contributed by atoms with Crippen LogP contribution < -0.4 is 9.57 Å². The first-order valence-electron chi connectivity index (χ1n) is 3.88. The average molecular weight is 204 g/mol. The smallest absolute Gasteiger partial charge is 0.127 e. The molecule has 0 spiro atoms. The Kier molecular flexibility index (Phi) is 3.51. The average Bonchev–Trinajstić information content (AvgIpc) is 2.15. The molecule has 2 nitrogen and oxygen atoms in total. The molecule has 4 heteroatoms. The lowest BCUT2D eigenvalue weighted by Gasteiger charge is -2.10. The molecular formula is C9H11ClFNO. The molecule has 0 fully saturated rings. The van der Waals surface area contributed by atoms with Crippen LogP contribution in [0, 0.1) is 5.82 Å². The number of hydrogen-bond acceptors (Lipinski definition) is 2. The summed E-state index contributed by atoms with van der Waals surface area (Å²) in [5, 5.41) is 0. The lowest BCUT2D eigenvalue weighted by Crippen LogP contribution is -2.07. The maximum absolute atomic E-state index is 13.0. The minimum absolute atomic E-state index is 0.105. The van der Waals surface area contributed by atoms with Gasteiger partial charge in [-0.05, 0) is 36.4 Å². The van der Waals surface area contributed by atoms with Crippen LogP contribution in [0.25, 0.3) is 0 Å². The number of methoxy groups -OCH3 is 1. The summed E-state index contributed by atoms with van der Waals surface area (Å²) in [6.07, 6.45) is 0. The van der Waals surface area contributed by atoms with Gasteiger partial charge in [0.05, 0.1) is 7.11 Å². The molecule has 72 valence electrons. The van der Waals surface area contributed by atoms with Crippen LogP contribution in [0.4, 0.5) is 4.39 Å². The molecule has 0 saturated carbocycles. The third-order valence-corrected chi connectivity index (χ3v) is 2.12. The highest BCUT2D eigenvalue weighted by molar-refractivity contribution is 6.13. The predicted molar refractivity (Wildman–Crippen MR) is 50.4 cm³/mol. The maximum atomic E-state index is 13.0. The summed E-state index contributed by atoms with van der Waals surface area (Å²) in [6.45, 7) is 1.83. The third-order valence-electron chi connectivity index (χ3n) is 1.79. The fraction of sp³-hybridized carbons (Fsp3) is 0.333. The van der Waals surface area contributed by atoms with Gasteiger partial charge in [0.25, 0.3) is 0 Å². The zero-order chi connectivity index (χ0) is 9.84. The Morgan fingerprint density at radius 3 is 2.69 bits per heavy atom. The van der Waals surface area contributed by atoms with Gasteiger partial charge in [-0.15, -0.1) is 0 Å². The van der Waals surface area contributed by atoms with Crippen molar-refractivity contribution in [2.45, 2.75) is 13.0 Å². The van der Waals surface area contributed by atoms with Crippen LogP contribution in [0.2, 0.25) is 0 Å². The first-order valence-corrected chi connectivity index (χ1v) is 4.26. The van der Waals surface area contributed by atoms with Gasteiger partial charge >= 0.3 is 0 Å². The van der Waals surface area contributed by atoms with Crippen LogP contribution >= 0.6 is 11.8 Å². The van der Waals surface area contributed by atoms with E-state index in [0.29, 0.717) is 5.75 Å². The highest BCUT2D eigenvalue weighted by Crippen LogP contribution is 2.21. The molecule has 0 radical (unpaired) electrons. The zero-order valence-electron chi connectivity index (χ0n) is 7.47. The van der Waals surface area contributed by atoms with Crippen molar-refractivity contribution in [3.05, 3.63) is 29.6 Å². The molecule has 1 N–H and O–H groups in total. The Labute approximate surface area is 81.8 Å². The van der Waals surface area contributed by atoms with Crippen LogP contribution in [-0.2, 0) is 0 Å². The summed E-state index contributed by atoms with van der Waals surface area (Å²) in [7, 11) is 1.50. The van der Waals surface area contributed by atoms with Crippen molar-refractivity contribution in [1.29, 1.82) is 0 Å². The standard InChI is InChI=1S/C9H11ClFNO/c1-6(12-10)7-3-8(11)5-9(4-7)13-2/h3-6,12H,1-2H3/t6-/m0/s1. The first kappa shape index (κ1) is 10.3. The normalized spacial score (nSPS) is 12.6. The number of halogens is 2. The van der Waals surface area contributed by atoms with Crippen LogP contribution in [-0.4, -0.2) is 7.11 Å². The third kappa shape index (κ3) is 2.57. The lowest BCUT2D eigenvalue weighted by atomic mass is 10.1. The molecule has 0 saturated heterocycles. The van der Waals surface area contributed by atoms with Crippen molar-refractivity contribution in [3.63, 3.8) is 0 Å². The molecule has 0 aliphatic carbocycles. The van der Waals surface area contributed by atoms with Gasteiger partial charge in [0.15, 0.2) is 0 Å². The van der Waals surface area contributed by atoms with Gasteiger partial charge in [0.1, 0.15) is 11.6 Å². The number of hydrogen-bond donors (Lipinski definition) is 1. The minimum atomic E-state index is -0.326. The van der Waals surface area contributed by atoms with Crippen molar-refractivity contribution >= 4 is 11.8 Å². The molecule has 1 atom stereocenters. The van der Waals surface area contributed by atoms with E-state index in [1.54, 1.807) is 6.07 Å². The summed E-state index contributed by atoms with van der Waals surface area (Å²) >= 11 is 5.42. The molecule has 0 amide bonds. The Bertz CT molecular complexity index is 293. The van der Waals surface area contributed by atoms with E-state index in [4.69, 9.17) is 16.5 Å². The van der Waals surface area contributed by atoms with E-state index in [2.05, 4.69) is 4.84 Å². The number of benzene rings is 1. The van der Waals surface area contributed by atoms with Crippen LogP contribution in [0.15, 0.2) is 18.2 Å². The van der Waals surface area contributed by atoms with Crippen molar-refractivity contribution in [2.24, 2.45) is 0 Å². The molecule has 0 heterocycles. The summed E-state index contributed by atoms with van der Waals surface area (Å²) in [5.74, 6) is 0.168. The number of ether oxygens (including phenoxy) is 1. The van der Waals surface area contributed by atoms with Gasteiger partial charge in [-0.1, -0.05) is 0 Å². The van der Waals surface area contributed by atoms with E-state index in [1.807, 2.05) is 6.92 Å². The Hall–Kier alpha value is -0.800. The van der Waals surface area contributed by atoms with E-state index < -0.39 is 0 Å². The maximum Gasteiger partial charge on any atom is 0.127 e. The first-order chi connectivity index (χ1) is 6.17. The summed E-state index contributed by atoms with van der Waals surface area (Å²) in [6, 6.07) is 4.38. The molecule has 0 aliphatic rings. The number of nitrogens with one attached hydrogen (secondary N) is 1. The molecular weight excluding hydrogens is 193 g/mol. The SMILES string of the molecule is COc1cc(F)cc([C@H](C)NCl)c1. The fourth-order valence-electron chi connectivity index (χ4n) is 1.02. The monoisotopic (exact) mass is 203 g/mol. The van der Waals surface area contributed by atoms with E-state index in [-0.39, 0.29) is 11.9 Å². The fourth-order valence-corrected chi connectivity index (χ4v) is 1.14. The topological polar surface area (TPSA) is 21.3 Å². The minimum Gasteiger partial charge on any atom is -0.497 e. The molecule has 0 unspecified atom stereocenters. The van der Waals surface area contributed by atoms with Gasteiger partial charge in [0, 0.05) is 12.1 Å². The second-order valence-corrected chi connectivity index (χ2v) is 2.97. The van der Waals surface area contributed by atoms with Gasteiger partial charge in [0.2, 0.25) is 0 Å². The second kappa shape index (κ2) is 4.44. The number of rotatable bonds is 3. The van der Waals surface area contributed by atoms with Gasteiger partial charge in [-0.2, -0.15) is 0 Å². The summed E-state index contributed by atoms with van der Waals surface area (Å²) < 4.78 is 17.9. The zero-order valence-corrected chi connectivity index (χ0v) is 8.23. The molecule has 1 aromatic carbocycles. The molecule has 1 rings (SSSR count). The summed E-state index contributed by atoms with van der Waals surface area (Å²) in [4.78, 5) is 2.51. The van der Waals surface area contributed by atoms with E-state index in [9.17, 15) is 4.39 Å². The van der Waals surface area contributed by atoms with Crippen molar-refractivity contribution in [2.75, 3.05) is 7.11 Å². The lowest BCUT2D eigenvalue weighted by molar-refractivity contribution is 0.410. The van der Waals surface area contributed by atoms with Crippen LogP contribution in [0.5, 0.6) is 5.75 Å². The Morgan fingerprint density at radius 2 is 2.15 bits per heavy atom. The van der Waals surface area contributed by atoms with Crippen molar-refractivity contribution in [3.8, 4) is 5.75 Å². The Balaban J connectivity index is 3.01. The van der Waals surface area contributed by atoms with Crippen LogP contribution in [0.3, 0.4) is 0 Å². The molecule has 1 aromatic rings. The van der Waals surface area contributed by atoms with Gasteiger partial charge < -0.3 is 4.74 Å². The Morgan fingerprint density at radius 1 is 1.46 bits per heavy atom. The quantitative estimate of drug-likeness (QED) is 0.763. The summed E-state index contributed by atoms with van der Waals surface area (Å²) in [5.41, 5.74) is 0.756. The molecule has 0 bridgehead atoms. The predicted octanol–water partition coefficient (Wildman–Crippen LogP) is 2.64. The largest absolute Gasteiger partial charge is 0.497 e. The van der Waals surface area contributed by atoms with E-state index >= 15 is 0 Å². The highest BCUT2D eigenvalue weighted by Gasteiger charge is 2.06. The van der Waals surface area contributed by atoms with Gasteiger partial charge in [-0.3, -0.25) is 0 Å². The van der Waals surface area contributed by atoms with Crippen molar-refractivity contribution < 1.29 is 9.13 Å².